The Hall–Kier alpha value is -1.59. The van der Waals surface area contributed by atoms with Crippen LogP contribution in [0.15, 0.2) is 30.3 Å². The molecule has 0 saturated heterocycles. The molecule has 0 radical (unpaired) electrons. The van der Waals surface area contributed by atoms with Crippen molar-refractivity contribution in [3.63, 3.8) is 0 Å². The molecule has 0 aliphatic carbocycles. The normalized spacial score (nSPS) is 10.3. The Morgan fingerprint density at radius 3 is 2.17 bits per heavy atom. The lowest BCUT2D eigenvalue weighted by Gasteiger charge is -2.23. The van der Waals surface area contributed by atoms with E-state index in [1.165, 1.54) is 12.7 Å². The van der Waals surface area contributed by atoms with Gasteiger partial charge < -0.3 is 14.4 Å². The first-order valence-electron chi connectivity index (χ1n) is 8.48. The number of methoxy groups -OCH3 is 2. The van der Waals surface area contributed by atoms with Gasteiger partial charge in [-0.2, -0.15) is 0 Å². The highest BCUT2D eigenvalue weighted by Gasteiger charge is 2.10. The molecule has 5 nitrogen and oxygen atoms in total. The van der Waals surface area contributed by atoms with Crippen LogP contribution in [0.1, 0.15) is 26.3 Å². The van der Waals surface area contributed by atoms with Gasteiger partial charge in [-0.3, -0.25) is 4.90 Å². The summed E-state index contributed by atoms with van der Waals surface area (Å²) in [5, 5.41) is 0. The summed E-state index contributed by atoms with van der Waals surface area (Å²) in [7, 11) is 4.88. The second kappa shape index (κ2) is 13.8. The van der Waals surface area contributed by atoms with Crippen LogP contribution >= 0.6 is 0 Å². The molecule has 0 N–H and O–H groups in total. The van der Waals surface area contributed by atoms with E-state index in [1.54, 1.807) is 19.1 Å². The third-order valence-electron chi connectivity index (χ3n) is 3.43. The van der Waals surface area contributed by atoms with Crippen LogP contribution in [0.3, 0.4) is 0 Å². The summed E-state index contributed by atoms with van der Waals surface area (Å²) in [6.07, 6.45) is -0.286. The number of carbonyl (C=O) groups is 1. The van der Waals surface area contributed by atoms with E-state index in [4.69, 9.17) is 4.74 Å². The predicted molar refractivity (Wildman–Crippen MR) is 99.1 cm³/mol. The van der Waals surface area contributed by atoms with E-state index in [9.17, 15) is 4.79 Å². The minimum Gasteiger partial charge on any atom is -0.453 e. The number of benzene rings is 1. The van der Waals surface area contributed by atoms with E-state index in [1.807, 2.05) is 18.2 Å². The van der Waals surface area contributed by atoms with Crippen LogP contribution < -0.4 is 0 Å². The van der Waals surface area contributed by atoms with E-state index < -0.39 is 0 Å². The maximum atomic E-state index is 11.3. The number of hydrogen-bond acceptors (Lipinski definition) is 4. The Kier molecular flexibility index (Phi) is 12.9. The number of likely N-dealkylation sites (N-methyl/N-ethyl adjacent to an activating group) is 2. The first-order chi connectivity index (χ1) is 11.4. The Bertz CT molecular complexity index is 424. The number of carbonyl (C=O) groups excluding carboxylic acids is 1. The van der Waals surface area contributed by atoms with Crippen molar-refractivity contribution in [3.8, 4) is 0 Å². The lowest BCUT2D eigenvalue weighted by molar-refractivity contribution is 0.127. The summed E-state index contributed by atoms with van der Waals surface area (Å²) in [5.41, 5.74) is 1.29. The number of hydrogen-bond donors (Lipinski definition) is 0. The molecule has 0 aromatic heterocycles. The summed E-state index contributed by atoms with van der Waals surface area (Å²) in [6.45, 7) is 10.6. The third kappa shape index (κ3) is 11.0. The molecule has 0 unspecified atom stereocenters. The van der Waals surface area contributed by atoms with Crippen LogP contribution in [0, 0.1) is 5.92 Å². The molecule has 0 saturated carbocycles. The van der Waals surface area contributed by atoms with Crippen molar-refractivity contribution in [1.29, 1.82) is 0 Å². The summed E-state index contributed by atoms with van der Waals surface area (Å²) in [4.78, 5) is 15.1. The summed E-state index contributed by atoms with van der Waals surface area (Å²) in [6, 6.07) is 10.3. The highest BCUT2D eigenvalue weighted by atomic mass is 16.5. The second-order valence-corrected chi connectivity index (χ2v) is 6.10. The molecule has 0 aliphatic heterocycles. The summed E-state index contributed by atoms with van der Waals surface area (Å²) < 4.78 is 9.47. The predicted octanol–water partition coefficient (Wildman–Crippen LogP) is 3.50. The second-order valence-electron chi connectivity index (χ2n) is 6.10. The average molecular weight is 338 g/mol. The maximum absolute atomic E-state index is 11.3. The fourth-order valence-electron chi connectivity index (χ4n) is 2.06. The summed E-state index contributed by atoms with van der Waals surface area (Å²) in [5.74, 6) is 0.676. The SMILES string of the molecule is CCN(CCN(C)C(=O)OC)Cc1ccccc1.COCC(C)C. The van der Waals surface area contributed by atoms with Crippen molar-refractivity contribution in [2.75, 3.05) is 47.5 Å². The molecule has 0 bridgehead atoms. The first-order valence-corrected chi connectivity index (χ1v) is 8.48. The van der Waals surface area contributed by atoms with Crippen LogP contribution in [0.25, 0.3) is 0 Å². The van der Waals surface area contributed by atoms with Crippen molar-refractivity contribution in [1.82, 2.24) is 9.80 Å². The molecule has 0 aliphatic rings. The lowest BCUT2D eigenvalue weighted by atomic mass is 10.2. The van der Waals surface area contributed by atoms with Crippen molar-refractivity contribution < 1.29 is 14.3 Å². The minimum absolute atomic E-state index is 0.286. The van der Waals surface area contributed by atoms with Crippen LogP contribution in [-0.2, 0) is 16.0 Å². The fourth-order valence-corrected chi connectivity index (χ4v) is 2.06. The molecule has 1 aromatic rings. The van der Waals surface area contributed by atoms with Gasteiger partial charge in [0, 0.05) is 40.4 Å². The zero-order valence-electron chi connectivity index (χ0n) is 16.1. The lowest BCUT2D eigenvalue weighted by Crippen LogP contribution is -2.36. The van der Waals surface area contributed by atoms with Gasteiger partial charge in [0.1, 0.15) is 0 Å². The zero-order valence-corrected chi connectivity index (χ0v) is 16.1. The van der Waals surface area contributed by atoms with Crippen LogP contribution in [-0.4, -0.2) is 63.4 Å². The number of amides is 1. The molecule has 0 heterocycles. The number of ether oxygens (including phenoxy) is 2. The molecule has 0 spiro atoms. The van der Waals surface area contributed by atoms with E-state index in [0.29, 0.717) is 12.5 Å². The van der Waals surface area contributed by atoms with Gasteiger partial charge >= 0.3 is 6.09 Å². The molecule has 5 heteroatoms. The Morgan fingerprint density at radius 1 is 1.12 bits per heavy atom. The quantitative estimate of drug-likeness (QED) is 0.727. The molecule has 1 amide bonds. The number of nitrogens with zero attached hydrogens (tertiary/aromatic N) is 2. The Labute approximate surface area is 147 Å². The van der Waals surface area contributed by atoms with Gasteiger partial charge in [-0.15, -0.1) is 0 Å². The smallest absolute Gasteiger partial charge is 0.409 e. The molecule has 1 rings (SSSR count). The molecule has 0 atom stereocenters. The van der Waals surface area contributed by atoms with Gasteiger partial charge in [-0.1, -0.05) is 51.1 Å². The van der Waals surface area contributed by atoms with Crippen molar-refractivity contribution in [3.05, 3.63) is 35.9 Å². The van der Waals surface area contributed by atoms with E-state index in [0.717, 1.165) is 26.2 Å². The zero-order chi connectivity index (χ0) is 18.4. The molecule has 1 aromatic carbocycles. The van der Waals surface area contributed by atoms with Gasteiger partial charge in [-0.05, 0) is 18.0 Å². The van der Waals surface area contributed by atoms with Crippen LogP contribution in [0.2, 0.25) is 0 Å². The van der Waals surface area contributed by atoms with Crippen molar-refractivity contribution >= 4 is 6.09 Å². The van der Waals surface area contributed by atoms with E-state index in [2.05, 4.69) is 42.5 Å². The van der Waals surface area contributed by atoms with Gasteiger partial charge in [0.2, 0.25) is 0 Å². The highest BCUT2D eigenvalue weighted by Crippen LogP contribution is 2.04. The van der Waals surface area contributed by atoms with Gasteiger partial charge in [0.25, 0.3) is 0 Å². The Morgan fingerprint density at radius 2 is 1.75 bits per heavy atom. The monoisotopic (exact) mass is 338 g/mol. The van der Waals surface area contributed by atoms with Gasteiger partial charge in [0.15, 0.2) is 0 Å². The molecular weight excluding hydrogens is 304 g/mol. The fraction of sp³-hybridized carbons (Fsp3) is 0.632. The molecule has 0 fully saturated rings. The van der Waals surface area contributed by atoms with Gasteiger partial charge in [-0.25, -0.2) is 4.79 Å². The topological polar surface area (TPSA) is 42.0 Å². The van der Waals surface area contributed by atoms with E-state index in [-0.39, 0.29) is 6.09 Å². The minimum atomic E-state index is -0.286. The molecule has 24 heavy (non-hydrogen) atoms. The summed E-state index contributed by atoms with van der Waals surface area (Å²) >= 11 is 0. The standard InChI is InChI=1S/C14H22N2O2.C5H12O/c1-4-16(11-10-15(2)14(17)18-3)12-13-8-6-5-7-9-13;1-5(2)4-6-3/h5-9H,4,10-12H2,1-3H3;5H,4H2,1-3H3. The molecular formula is C19H34N2O3. The molecule has 138 valence electrons. The highest BCUT2D eigenvalue weighted by molar-refractivity contribution is 5.66. The largest absolute Gasteiger partial charge is 0.453 e. The Balaban J connectivity index is 0.000000754. The average Bonchev–Trinajstić information content (AvgIpc) is 2.58. The van der Waals surface area contributed by atoms with Crippen molar-refractivity contribution in [2.45, 2.75) is 27.3 Å². The van der Waals surface area contributed by atoms with Crippen LogP contribution in [0.5, 0.6) is 0 Å². The van der Waals surface area contributed by atoms with Gasteiger partial charge in [0.05, 0.1) is 7.11 Å². The number of rotatable bonds is 8. The first kappa shape index (κ1) is 22.4. The maximum Gasteiger partial charge on any atom is 0.409 e. The van der Waals surface area contributed by atoms with Crippen molar-refractivity contribution in [2.24, 2.45) is 5.92 Å². The van der Waals surface area contributed by atoms with E-state index >= 15 is 0 Å². The third-order valence-corrected chi connectivity index (χ3v) is 3.43. The van der Waals surface area contributed by atoms with Crippen LogP contribution in [0.4, 0.5) is 4.79 Å².